The smallest absolute Gasteiger partial charge is 0.147 e. The average molecular weight is 214 g/mol. The predicted molar refractivity (Wildman–Crippen MR) is 58.5 cm³/mol. The van der Waals surface area contributed by atoms with Gasteiger partial charge < -0.3 is 15.2 Å². The van der Waals surface area contributed by atoms with Crippen LogP contribution < -0.4 is 5.73 Å². The van der Waals surface area contributed by atoms with Crippen molar-refractivity contribution in [3.63, 3.8) is 0 Å². The third-order valence-electron chi connectivity index (χ3n) is 3.20. The summed E-state index contributed by atoms with van der Waals surface area (Å²) in [6.45, 7) is 6.76. The monoisotopic (exact) mass is 214 g/mol. The molecule has 0 saturated carbocycles. The minimum Gasteiger partial charge on any atom is -0.355 e. The van der Waals surface area contributed by atoms with Crippen molar-refractivity contribution in [2.24, 2.45) is 11.7 Å². The fraction of sp³-hybridized carbons (Fsp3) is 1.00. The topological polar surface area (TPSA) is 47.7 Å². The van der Waals surface area contributed by atoms with E-state index in [-0.39, 0.29) is 0 Å². The highest BCUT2D eigenvalue weighted by Crippen LogP contribution is 2.17. The average Bonchev–Trinajstić information content (AvgIpc) is 2.17. The summed E-state index contributed by atoms with van der Waals surface area (Å²) in [6.07, 6.45) is 2.52. The molecule has 3 atom stereocenters. The van der Waals surface area contributed by atoms with Gasteiger partial charge in [-0.25, -0.2) is 0 Å². The minimum atomic E-state index is 0.341. The van der Waals surface area contributed by atoms with E-state index in [1.165, 1.54) is 0 Å². The van der Waals surface area contributed by atoms with Gasteiger partial charge in [0, 0.05) is 25.7 Å². The minimum absolute atomic E-state index is 0.341. The highest BCUT2D eigenvalue weighted by atomic mass is 16.7. The molecule has 0 aliphatic carbocycles. The summed E-state index contributed by atoms with van der Waals surface area (Å²) < 4.78 is 10.7. The van der Waals surface area contributed by atoms with Crippen molar-refractivity contribution in [2.75, 3.05) is 33.0 Å². The zero-order chi connectivity index (χ0) is 10.7. The van der Waals surface area contributed by atoms with E-state index >= 15 is 0 Å². The maximum absolute atomic E-state index is 6.01. The molecule has 0 bridgehead atoms. The van der Waals surface area contributed by atoms with Gasteiger partial charge in [0.25, 0.3) is 0 Å². The molecule has 4 nitrogen and oxygen atoms in total. The molecule has 3 unspecified atom stereocenters. The van der Waals surface area contributed by atoms with Crippen molar-refractivity contribution in [1.82, 2.24) is 4.90 Å². The quantitative estimate of drug-likeness (QED) is 0.723. The molecular weight excluding hydrogens is 192 g/mol. The van der Waals surface area contributed by atoms with Crippen molar-refractivity contribution in [1.29, 1.82) is 0 Å². The summed E-state index contributed by atoms with van der Waals surface area (Å²) >= 11 is 0. The first-order valence-corrected chi connectivity index (χ1v) is 5.91. The lowest BCUT2D eigenvalue weighted by atomic mass is 9.96. The maximum Gasteiger partial charge on any atom is 0.147 e. The molecule has 0 amide bonds. The van der Waals surface area contributed by atoms with Crippen molar-refractivity contribution in [3.05, 3.63) is 0 Å². The van der Waals surface area contributed by atoms with Gasteiger partial charge in [-0.3, -0.25) is 4.90 Å². The summed E-state index contributed by atoms with van der Waals surface area (Å²) in [5.74, 6) is 0.716. The Morgan fingerprint density at radius 1 is 1.40 bits per heavy atom. The SMILES string of the molecule is CC1CC(N)CN(CC2CCOCO2)C1. The molecule has 0 aromatic rings. The van der Waals surface area contributed by atoms with Crippen molar-refractivity contribution in [2.45, 2.75) is 31.9 Å². The number of nitrogens with zero attached hydrogens (tertiary/aromatic N) is 1. The number of ether oxygens (including phenoxy) is 2. The van der Waals surface area contributed by atoms with Crippen LogP contribution in [0, 0.1) is 5.92 Å². The second kappa shape index (κ2) is 5.25. The van der Waals surface area contributed by atoms with E-state index in [1.807, 2.05) is 0 Å². The Labute approximate surface area is 91.7 Å². The first-order chi connectivity index (χ1) is 7.24. The summed E-state index contributed by atoms with van der Waals surface area (Å²) in [7, 11) is 0. The van der Waals surface area contributed by atoms with Crippen LogP contribution in [0.2, 0.25) is 0 Å². The summed E-state index contributed by atoms with van der Waals surface area (Å²) in [5.41, 5.74) is 6.01. The van der Waals surface area contributed by atoms with Crippen LogP contribution in [0.15, 0.2) is 0 Å². The first kappa shape index (κ1) is 11.3. The number of hydrogen-bond donors (Lipinski definition) is 1. The predicted octanol–water partition coefficient (Wildman–Crippen LogP) is 0.419. The molecule has 0 radical (unpaired) electrons. The van der Waals surface area contributed by atoms with Crippen LogP contribution in [-0.2, 0) is 9.47 Å². The van der Waals surface area contributed by atoms with Gasteiger partial charge in [0.2, 0.25) is 0 Å². The molecule has 0 spiro atoms. The second-order valence-electron chi connectivity index (χ2n) is 4.92. The molecule has 2 aliphatic rings. The first-order valence-electron chi connectivity index (χ1n) is 5.91. The van der Waals surface area contributed by atoms with E-state index in [0.29, 0.717) is 24.9 Å². The van der Waals surface area contributed by atoms with E-state index in [1.54, 1.807) is 0 Å². The van der Waals surface area contributed by atoms with Crippen LogP contribution in [0.1, 0.15) is 19.8 Å². The Hall–Kier alpha value is -0.160. The lowest BCUT2D eigenvalue weighted by Crippen LogP contribution is -2.49. The van der Waals surface area contributed by atoms with E-state index in [9.17, 15) is 0 Å². The molecular formula is C11H22N2O2. The van der Waals surface area contributed by atoms with Gasteiger partial charge in [-0.1, -0.05) is 6.92 Å². The van der Waals surface area contributed by atoms with E-state index in [0.717, 1.165) is 39.1 Å². The van der Waals surface area contributed by atoms with Crippen molar-refractivity contribution >= 4 is 0 Å². The van der Waals surface area contributed by atoms with Crippen LogP contribution in [0.4, 0.5) is 0 Å². The standard InChI is InChI=1S/C11H22N2O2/c1-9-4-10(12)6-13(5-9)7-11-2-3-14-8-15-11/h9-11H,2-8,12H2,1H3. The van der Waals surface area contributed by atoms with Crippen molar-refractivity contribution in [3.8, 4) is 0 Å². The third kappa shape index (κ3) is 3.41. The molecule has 2 saturated heterocycles. The second-order valence-corrected chi connectivity index (χ2v) is 4.92. The molecule has 2 rings (SSSR count). The van der Waals surface area contributed by atoms with Gasteiger partial charge in [-0.2, -0.15) is 0 Å². The number of nitrogens with two attached hydrogens (primary N) is 1. The number of piperidine rings is 1. The lowest BCUT2D eigenvalue weighted by Gasteiger charge is -2.37. The van der Waals surface area contributed by atoms with Crippen LogP contribution in [0.5, 0.6) is 0 Å². The van der Waals surface area contributed by atoms with Gasteiger partial charge >= 0.3 is 0 Å². The normalized spacial score (nSPS) is 39.2. The molecule has 88 valence electrons. The molecule has 2 aliphatic heterocycles. The number of hydrogen-bond acceptors (Lipinski definition) is 4. The van der Waals surface area contributed by atoms with E-state index in [4.69, 9.17) is 15.2 Å². The van der Waals surface area contributed by atoms with E-state index < -0.39 is 0 Å². The molecule has 15 heavy (non-hydrogen) atoms. The fourth-order valence-corrected chi connectivity index (χ4v) is 2.60. The van der Waals surface area contributed by atoms with Crippen LogP contribution in [-0.4, -0.2) is 50.1 Å². The summed E-state index contributed by atoms with van der Waals surface area (Å²) in [4.78, 5) is 2.44. The Balaban J connectivity index is 1.77. The number of rotatable bonds is 2. The van der Waals surface area contributed by atoms with Crippen LogP contribution in [0.25, 0.3) is 0 Å². The molecule has 2 N–H and O–H groups in total. The number of likely N-dealkylation sites (tertiary alicyclic amines) is 1. The van der Waals surface area contributed by atoms with Crippen LogP contribution >= 0.6 is 0 Å². The highest BCUT2D eigenvalue weighted by Gasteiger charge is 2.25. The van der Waals surface area contributed by atoms with Crippen molar-refractivity contribution < 1.29 is 9.47 Å². The third-order valence-corrected chi connectivity index (χ3v) is 3.20. The van der Waals surface area contributed by atoms with Gasteiger partial charge in [0.15, 0.2) is 0 Å². The van der Waals surface area contributed by atoms with Gasteiger partial charge in [-0.15, -0.1) is 0 Å². The Bertz CT molecular complexity index is 185. The molecule has 0 aromatic carbocycles. The zero-order valence-electron chi connectivity index (χ0n) is 9.52. The van der Waals surface area contributed by atoms with Gasteiger partial charge in [0.1, 0.15) is 6.79 Å². The molecule has 2 heterocycles. The van der Waals surface area contributed by atoms with Crippen LogP contribution in [0.3, 0.4) is 0 Å². The van der Waals surface area contributed by atoms with Gasteiger partial charge in [-0.05, 0) is 18.8 Å². The Morgan fingerprint density at radius 3 is 2.93 bits per heavy atom. The zero-order valence-corrected chi connectivity index (χ0v) is 9.52. The van der Waals surface area contributed by atoms with Gasteiger partial charge in [0.05, 0.1) is 12.7 Å². The van der Waals surface area contributed by atoms with E-state index in [2.05, 4.69) is 11.8 Å². The largest absolute Gasteiger partial charge is 0.355 e. The molecule has 2 fully saturated rings. The maximum atomic E-state index is 6.01. The Morgan fingerprint density at radius 2 is 2.27 bits per heavy atom. The summed E-state index contributed by atoms with van der Waals surface area (Å²) in [5, 5.41) is 0. The molecule has 4 heteroatoms. The Kier molecular flexibility index (Phi) is 3.97. The fourth-order valence-electron chi connectivity index (χ4n) is 2.60. The lowest BCUT2D eigenvalue weighted by molar-refractivity contribution is -0.146. The molecule has 0 aromatic heterocycles. The summed E-state index contributed by atoms with van der Waals surface area (Å²) in [6, 6.07) is 0.341. The highest BCUT2D eigenvalue weighted by molar-refractivity contribution is 4.81.